The largest absolute Gasteiger partial charge is 0.464 e. The van der Waals surface area contributed by atoms with E-state index >= 15 is 0 Å². The Morgan fingerprint density at radius 1 is 1.40 bits per heavy atom. The fraction of sp³-hybridized carbons (Fsp3) is 0.300. The predicted molar refractivity (Wildman–Crippen MR) is 57.5 cm³/mol. The summed E-state index contributed by atoms with van der Waals surface area (Å²) in [5, 5.41) is 3.70. The fourth-order valence-electron chi connectivity index (χ4n) is 1.18. The zero-order chi connectivity index (χ0) is 10.5. The molecule has 0 aromatic carbocycles. The van der Waals surface area contributed by atoms with Gasteiger partial charge in [0.05, 0.1) is 18.5 Å². The van der Waals surface area contributed by atoms with Crippen LogP contribution in [0.1, 0.15) is 11.5 Å². The molecule has 0 bridgehead atoms. The Kier molecular flexibility index (Phi) is 3.47. The van der Waals surface area contributed by atoms with E-state index in [1.54, 1.807) is 12.5 Å². The van der Waals surface area contributed by atoms with Crippen LogP contribution < -0.4 is 5.32 Å². The molecule has 1 N–H and O–H groups in total. The van der Waals surface area contributed by atoms with Gasteiger partial charge in [-0.1, -0.05) is 11.8 Å². The van der Waals surface area contributed by atoms with Gasteiger partial charge in [-0.05, 0) is 19.2 Å². The Morgan fingerprint density at radius 3 is 3.00 bits per heavy atom. The zero-order valence-corrected chi connectivity index (χ0v) is 9.21. The molecule has 80 valence electrons. The third-order valence-electron chi connectivity index (χ3n) is 1.82. The quantitative estimate of drug-likeness (QED) is 0.790. The molecular weight excluding hydrogens is 212 g/mol. The van der Waals surface area contributed by atoms with Crippen molar-refractivity contribution in [1.82, 2.24) is 10.3 Å². The maximum atomic E-state index is 5.57. The average molecular weight is 224 g/mol. The maximum Gasteiger partial charge on any atom is 0.255 e. The SMILES string of the molecule is CNCc1ccc(CSc2ncco2)o1. The summed E-state index contributed by atoms with van der Waals surface area (Å²) < 4.78 is 10.7. The van der Waals surface area contributed by atoms with Crippen LogP contribution in [0.15, 0.2) is 38.6 Å². The first-order valence-electron chi connectivity index (χ1n) is 4.63. The normalized spacial score (nSPS) is 10.7. The Balaban J connectivity index is 1.88. The smallest absolute Gasteiger partial charge is 0.255 e. The van der Waals surface area contributed by atoms with Gasteiger partial charge >= 0.3 is 0 Å². The predicted octanol–water partition coefficient (Wildman–Crippen LogP) is 2.28. The summed E-state index contributed by atoms with van der Waals surface area (Å²) in [6, 6.07) is 3.95. The lowest BCUT2D eigenvalue weighted by atomic mass is 10.4. The first kappa shape index (κ1) is 10.3. The minimum Gasteiger partial charge on any atom is -0.464 e. The van der Waals surface area contributed by atoms with E-state index in [-0.39, 0.29) is 0 Å². The van der Waals surface area contributed by atoms with Gasteiger partial charge in [-0.15, -0.1) is 0 Å². The summed E-state index contributed by atoms with van der Waals surface area (Å²) in [7, 11) is 1.89. The fourth-order valence-corrected chi connectivity index (χ4v) is 1.86. The monoisotopic (exact) mass is 224 g/mol. The van der Waals surface area contributed by atoms with Crippen molar-refractivity contribution in [2.24, 2.45) is 0 Å². The van der Waals surface area contributed by atoms with Crippen molar-refractivity contribution in [3.8, 4) is 0 Å². The van der Waals surface area contributed by atoms with Crippen LogP contribution >= 0.6 is 11.8 Å². The Bertz CT molecular complexity index is 397. The van der Waals surface area contributed by atoms with Gasteiger partial charge in [0.2, 0.25) is 0 Å². The van der Waals surface area contributed by atoms with Crippen molar-refractivity contribution in [1.29, 1.82) is 0 Å². The van der Waals surface area contributed by atoms with E-state index in [1.165, 1.54) is 11.8 Å². The van der Waals surface area contributed by atoms with Gasteiger partial charge in [-0.2, -0.15) is 0 Å². The maximum absolute atomic E-state index is 5.57. The van der Waals surface area contributed by atoms with Crippen molar-refractivity contribution in [3.05, 3.63) is 36.1 Å². The van der Waals surface area contributed by atoms with Crippen LogP contribution in [0.4, 0.5) is 0 Å². The molecule has 0 aliphatic heterocycles. The van der Waals surface area contributed by atoms with Gasteiger partial charge < -0.3 is 14.2 Å². The number of hydrogen-bond acceptors (Lipinski definition) is 5. The number of nitrogens with zero attached hydrogens (tertiary/aromatic N) is 1. The molecular formula is C10H12N2O2S. The van der Waals surface area contributed by atoms with Gasteiger partial charge in [0.25, 0.3) is 5.22 Å². The van der Waals surface area contributed by atoms with E-state index in [2.05, 4.69) is 10.3 Å². The van der Waals surface area contributed by atoms with Crippen molar-refractivity contribution in [2.45, 2.75) is 17.5 Å². The lowest BCUT2D eigenvalue weighted by Gasteiger charge is -1.94. The number of hydrogen-bond donors (Lipinski definition) is 1. The minimum absolute atomic E-state index is 0.668. The number of oxazole rings is 1. The van der Waals surface area contributed by atoms with Crippen LogP contribution in [0.3, 0.4) is 0 Å². The Morgan fingerprint density at radius 2 is 2.27 bits per heavy atom. The topological polar surface area (TPSA) is 51.2 Å². The van der Waals surface area contributed by atoms with Crippen LogP contribution in [0.5, 0.6) is 0 Å². The Hall–Kier alpha value is -1.20. The molecule has 2 aromatic heterocycles. The van der Waals surface area contributed by atoms with Gasteiger partial charge in [-0.3, -0.25) is 0 Å². The van der Waals surface area contributed by atoms with E-state index in [0.717, 1.165) is 23.8 Å². The minimum atomic E-state index is 0.668. The highest BCUT2D eigenvalue weighted by Gasteiger charge is 2.04. The Labute approximate surface area is 92.1 Å². The second-order valence-corrected chi connectivity index (χ2v) is 3.91. The average Bonchev–Trinajstić information content (AvgIpc) is 2.85. The van der Waals surface area contributed by atoms with Crippen LogP contribution in [0.25, 0.3) is 0 Å². The van der Waals surface area contributed by atoms with E-state index < -0.39 is 0 Å². The molecule has 4 nitrogen and oxygen atoms in total. The number of furan rings is 1. The molecule has 0 aliphatic rings. The van der Waals surface area contributed by atoms with E-state index in [1.807, 2.05) is 19.2 Å². The van der Waals surface area contributed by atoms with Crippen molar-refractivity contribution in [3.63, 3.8) is 0 Å². The van der Waals surface area contributed by atoms with E-state index in [9.17, 15) is 0 Å². The van der Waals surface area contributed by atoms with Crippen LogP contribution in [-0.4, -0.2) is 12.0 Å². The summed E-state index contributed by atoms with van der Waals surface area (Å²) >= 11 is 1.52. The van der Waals surface area contributed by atoms with Crippen molar-refractivity contribution < 1.29 is 8.83 Å². The molecule has 2 aromatic rings. The van der Waals surface area contributed by atoms with Crippen LogP contribution in [0, 0.1) is 0 Å². The molecule has 0 unspecified atom stereocenters. The molecule has 0 atom stereocenters. The van der Waals surface area contributed by atoms with E-state index in [0.29, 0.717) is 5.22 Å². The van der Waals surface area contributed by atoms with Gasteiger partial charge in [0, 0.05) is 0 Å². The summed E-state index contributed by atoms with van der Waals surface area (Å²) in [6.45, 7) is 0.754. The second-order valence-electron chi connectivity index (χ2n) is 2.99. The lowest BCUT2D eigenvalue weighted by molar-refractivity contribution is 0.450. The highest BCUT2D eigenvalue weighted by atomic mass is 32.2. The zero-order valence-electron chi connectivity index (χ0n) is 8.40. The highest BCUT2D eigenvalue weighted by molar-refractivity contribution is 7.98. The summed E-state index contributed by atoms with van der Waals surface area (Å²) in [5.74, 6) is 2.62. The number of rotatable bonds is 5. The molecule has 0 spiro atoms. The molecule has 0 aliphatic carbocycles. The van der Waals surface area contributed by atoms with E-state index in [4.69, 9.17) is 8.83 Å². The second kappa shape index (κ2) is 5.04. The summed E-state index contributed by atoms with van der Waals surface area (Å²) in [6.07, 6.45) is 3.20. The molecule has 15 heavy (non-hydrogen) atoms. The van der Waals surface area contributed by atoms with Crippen molar-refractivity contribution >= 4 is 11.8 Å². The first-order chi connectivity index (χ1) is 7.38. The number of nitrogens with one attached hydrogen (secondary N) is 1. The van der Waals surface area contributed by atoms with Crippen LogP contribution in [0.2, 0.25) is 0 Å². The highest BCUT2D eigenvalue weighted by Crippen LogP contribution is 2.21. The number of aromatic nitrogens is 1. The molecule has 0 amide bonds. The first-order valence-corrected chi connectivity index (χ1v) is 5.61. The molecule has 2 rings (SSSR count). The lowest BCUT2D eigenvalue weighted by Crippen LogP contribution is -2.03. The third-order valence-corrected chi connectivity index (χ3v) is 2.69. The standard InChI is InChI=1S/C10H12N2O2S/c1-11-6-8-2-3-9(14-8)7-15-10-12-4-5-13-10/h2-5,11H,6-7H2,1H3. The molecule has 0 radical (unpaired) electrons. The third kappa shape index (κ3) is 2.87. The molecule has 5 heteroatoms. The number of thioether (sulfide) groups is 1. The van der Waals surface area contributed by atoms with Gasteiger partial charge in [0.1, 0.15) is 17.8 Å². The van der Waals surface area contributed by atoms with Crippen LogP contribution in [-0.2, 0) is 12.3 Å². The van der Waals surface area contributed by atoms with Gasteiger partial charge in [-0.25, -0.2) is 4.98 Å². The van der Waals surface area contributed by atoms with Crippen molar-refractivity contribution in [2.75, 3.05) is 7.05 Å². The molecule has 2 heterocycles. The molecule has 0 saturated carbocycles. The molecule has 0 fully saturated rings. The van der Waals surface area contributed by atoms with Gasteiger partial charge in [0.15, 0.2) is 0 Å². The summed E-state index contributed by atoms with van der Waals surface area (Å²) in [5.41, 5.74) is 0. The molecule has 0 saturated heterocycles. The summed E-state index contributed by atoms with van der Waals surface area (Å²) in [4.78, 5) is 4.02.